The number of carbonyl (C=O) groups is 2. The first kappa shape index (κ1) is 13.3. The lowest BCUT2D eigenvalue weighted by Gasteiger charge is -2.17. The maximum Gasteiger partial charge on any atom is 0.270 e. The molecule has 1 aliphatic rings. The van der Waals surface area contributed by atoms with Crippen LogP contribution in [0.15, 0.2) is 54.7 Å². The van der Waals surface area contributed by atoms with Gasteiger partial charge in [-0.15, -0.1) is 0 Å². The Bertz CT molecular complexity index is 643. The fourth-order valence-corrected chi connectivity index (χ4v) is 2.42. The summed E-state index contributed by atoms with van der Waals surface area (Å²) >= 11 is 0. The van der Waals surface area contributed by atoms with Crippen molar-refractivity contribution in [2.45, 2.75) is 12.5 Å². The van der Waals surface area contributed by atoms with Crippen LogP contribution < -0.4 is 10.2 Å². The summed E-state index contributed by atoms with van der Waals surface area (Å²) in [6.07, 6.45) is 1.89. The number of aromatic nitrogens is 1. The quantitative estimate of drug-likeness (QED) is 0.930. The number of rotatable bonds is 3. The standard InChI is InChI=1S/C16H15N3O2/c20-15-10-12(11-19(15)13-6-2-1-3-7-13)18-16(21)14-8-4-5-9-17-14/h1-9,12H,10-11H2,(H,18,21). The zero-order chi connectivity index (χ0) is 14.7. The van der Waals surface area contributed by atoms with Gasteiger partial charge < -0.3 is 10.2 Å². The minimum absolute atomic E-state index is 0.0209. The third-order valence-electron chi connectivity index (χ3n) is 3.43. The van der Waals surface area contributed by atoms with E-state index in [1.54, 1.807) is 29.3 Å². The van der Waals surface area contributed by atoms with Gasteiger partial charge in [0.15, 0.2) is 0 Å². The number of pyridine rings is 1. The van der Waals surface area contributed by atoms with Crippen molar-refractivity contribution >= 4 is 17.5 Å². The van der Waals surface area contributed by atoms with E-state index in [4.69, 9.17) is 0 Å². The van der Waals surface area contributed by atoms with E-state index in [-0.39, 0.29) is 17.9 Å². The molecule has 21 heavy (non-hydrogen) atoms. The van der Waals surface area contributed by atoms with Crippen LogP contribution in [0.4, 0.5) is 5.69 Å². The fraction of sp³-hybridized carbons (Fsp3) is 0.188. The summed E-state index contributed by atoms with van der Waals surface area (Å²) in [6.45, 7) is 0.488. The second-order valence-electron chi connectivity index (χ2n) is 4.93. The molecule has 3 rings (SSSR count). The molecule has 1 saturated heterocycles. The molecule has 0 spiro atoms. The van der Waals surface area contributed by atoms with Crippen LogP contribution in [0, 0.1) is 0 Å². The monoisotopic (exact) mass is 281 g/mol. The lowest BCUT2D eigenvalue weighted by atomic mass is 10.2. The number of nitrogens with one attached hydrogen (secondary N) is 1. The van der Waals surface area contributed by atoms with Gasteiger partial charge >= 0.3 is 0 Å². The van der Waals surface area contributed by atoms with E-state index >= 15 is 0 Å². The van der Waals surface area contributed by atoms with Crippen molar-refractivity contribution in [3.05, 3.63) is 60.4 Å². The number of hydrogen-bond donors (Lipinski definition) is 1. The highest BCUT2D eigenvalue weighted by molar-refractivity contribution is 5.98. The molecular formula is C16H15N3O2. The lowest BCUT2D eigenvalue weighted by Crippen LogP contribution is -2.37. The van der Waals surface area contributed by atoms with Crippen LogP contribution in [0.3, 0.4) is 0 Å². The minimum Gasteiger partial charge on any atom is -0.346 e. The van der Waals surface area contributed by atoms with Crippen molar-refractivity contribution in [3.8, 4) is 0 Å². The van der Waals surface area contributed by atoms with E-state index in [1.807, 2.05) is 30.3 Å². The van der Waals surface area contributed by atoms with Gasteiger partial charge in [-0.05, 0) is 24.3 Å². The molecule has 1 unspecified atom stereocenters. The van der Waals surface area contributed by atoms with E-state index in [9.17, 15) is 9.59 Å². The van der Waals surface area contributed by atoms with Gasteiger partial charge in [0, 0.05) is 24.8 Å². The van der Waals surface area contributed by atoms with E-state index in [2.05, 4.69) is 10.3 Å². The molecule has 1 fully saturated rings. The number of amides is 2. The van der Waals surface area contributed by atoms with Crippen molar-refractivity contribution in [2.24, 2.45) is 0 Å². The zero-order valence-electron chi connectivity index (χ0n) is 11.4. The summed E-state index contributed by atoms with van der Waals surface area (Å²) in [5.74, 6) is -0.226. The largest absolute Gasteiger partial charge is 0.346 e. The Kier molecular flexibility index (Phi) is 3.64. The first-order valence-electron chi connectivity index (χ1n) is 6.81. The van der Waals surface area contributed by atoms with Gasteiger partial charge in [-0.3, -0.25) is 14.6 Å². The normalized spacial score (nSPS) is 17.8. The number of carbonyl (C=O) groups excluding carboxylic acids is 2. The van der Waals surface area contributed by atoms with Gasteiger partial charge in [0.05, 0.1) is 6.04 Å². The summed E-state index contributed by atoms with van der Waals surface area (Å²) in [5, 5.41) is 2.86. The molecule has 1 aromatic carbocycles. The molecule has 5 nitrogen and oxygen atoms in total. The molecule has 2 amide bonds. The Labute approximate surface area is 122 Å². The summed E-state index contributed by atoms with van der Waals surface area (Å²) in [7, 11) is 0. The van der Waals surface area contributed by atoms with Crippen LogP contribution in [0.5, 0.6) is 0 Å². The summed E-state index contributed by atoms with van der Waals surface area (Å²) < 4.78 is 0. The topological polar surface area (TPSA) is 62.3 Å². The maximum atomic E-state index is 12.1. The van der Waals surface area contributed by atoms with E-state index in [0.29, 0.717) is 18.7 Å². The Hall–Kier alpha value is -2.69. The highest BCUT2D eigenvalue weighted by atomic mass is 16.2. The molecule has 1 aromatic heterocycles. The van der Waals surface area contributed by atoms with Crippen molar-refractivity contribution in [1.82, 2.24) is 10.3 Å². The molecule has 2 heterocycles. The van der Waals surface area contributed by atoms with Crippen LogP contribution in [0.1, 0.15) is 16.9 Å². The second-order valence-corrected chi connectivity index (χ2v) is 4.93. The Balaban J connectivity index is 1.67. The number of hydrogen-bond acceptors (Lipinski definition) is 3. The van der Waals surface area contributed by atoms with Crippen molar-refractivity contribution in [1.29, 1.82) is 0 Å². The third kappa shape index (κ3) is 2.91. The van der Waals surface area contributed by atoms with E-state index in [0.717, 1.165) is 5.69 Å². The average Bonchev–Trinajstić information content (AvgIpc) is 2.89. The predicted molar refractivity (Wildman–Crippen MR) is 78.9 cm³/mol. The van der Waals surface area contributed by atoms with Crippen LogP contribution in [0.25, 0.3) is 0 Å². The van der Waals surface area contributed by atoms with Gasteiger partial charge in [-0.1, -0.05) is 24.3 Å². The second kappa shape index (κ2) is 5.75. The van der Waals surface area contributed by atoms with Crippen LogP contribution in [-0.4, -0.2) is 29.4 Å². The molecule has 5 heteroatoms. The zero-order valence-corrected chi connectivity index (χ0v) is 11.4. The van der Waals surface area contributed by atoms with E-state index < -0.39 is 0 Å². The van der Waals surface area contributed by atoms with Crippen LogP contribution in [0.2, 0.25) is 0 Å². The van der Waals surface area contributed by atoms with Crippen molar-refractivity contribution in [3.63, 3.8) is 0 Å². The predicted octanol–water partition coefficient (Wildman–Crippen LogP) is 1.62. The molecule has 0 aliphatic carbocycles. The number of benzene rings is 1. The van der Waals surface area contributed by atoms with Gasteiger partial charge in [0.1, 0.15) is 5.69 Å². The highest BCUT2D eigenvalue weighted by Gasteiger charge is 2.31. The first-order chi connectivity index (χ1) is 10.2. The third-order valence-corrected chi connectivity index (χ3v) is 3.43. The van der Waals surface area contributed by atoms with Crippen LogP contribution in [-0.2, 0) is 4.79 Å². The SMILES string of the molecule is O=C(NC1CC(=O)N(c2ccccc2)C1)c1ccccn1. The molecule has 1 N–H and O–H groups in total. The Morgan fingerprint density at radius 2 is 1.90 bits per heavy atom. The molecule has 106 valence electrons. The van der Waals surface area contributed by atoms with Gasteiger partial charge in [0.25, 0.3) is 5.91 Å². The lowest BCUT2D eigenvalue weighted by molar-refractivity contribution is -0.117. The number of anilines is 1. The molecule has 1 aliphatic heterocycles. The van der Waals surface area contributed by atoms with Gasteiger partial charge in [0.2, 0.25) is 5.91 Å². The van der Waals surface area contributed by atoms with Gasteiger partial charge in [-0.2, -0.15) is 0 Å². The molecule has 0 saturated carbocycles. The maximum absolute atomic E-state index is 12.1. The van der Waals surface area contributed by atoms with Crippen molar-refractivity contribution in [2.75, 3.05) is 11.4 Å². The molecular weight excluding hydrogens is 266 g/mol. The molecule has 1 atom stereocenters. The highest BCUT2D eigenvalue weighted by Crippen LogP contribution is 2.21. The number of nitrogens with zero attached hydrogens (tertiary/aromatic N) is 2. The molecule has 2 aromatic rings. The first-order valence-corrected chi connectivity index (χ1v) is 6.81. The van der Waals surface area contributed by atoms with Gasteiger partial charge in [-0.25, -0.2) is 0 Å². The average molecular weight is 281 g/mol. The number of para-hydroxylation sites is 1. The Morgan fingerprint density at radius 1 is 1.14 bits per heavy atom. The van der Waals surface area contributed by atoms with Crippen LogP contribution >= 0.6 is 0 Å². The summed E-state index contributed by atoms with van der Waals surface area (Å²) in [6, 6.07) is 14.5. The fourth-order valence-electron chi connectivity index (χ4n) is 2.42. The van der Waals surface area contributed by atoms with Crippen molar-refractivity contribution < 1.29 is 9.59 Å². The molecule has 0 radical (unpaired) electrons. The summed E-state index contributed by atoms with van der Waals surface area (Å²) in [5.41, 5.74) is 1.22. The minimum atomic E-state index is -0.247. The Morgan fingerprint density at radius 3 is 2.62 bits per heavy atom. The molecule has 0 bridgehead atoms. The summed E-state index contributed by atoms with van der Waals surface area (Å²) in [4.78, 5) is 29.8. The smallest absolute Gasteiger partial charge is 0.270 e. The van der Waals surface area contributed by atoms with E-state index in [1.165, 1.54) is 0 Å².